The molecule has 4 aromatic heterocycles. The van der Waals surface area contributed by atoms with Gasteiger partial charge in [0.2, 0.25) is 0 Å². The van der Waals surface area contributed by atoms with Crippen LogP contribution in [0.4, 0.5) is 19.0 Å². The summed E-state index contributed by atoms with van der Waals surface area (Å²) in [5.74, 6) is -0.280. The van der Waals surface area contributed by atoms with Gasteiger partial charge in [0.1, 0.15) is 22.0 Å². The van der Waals surface area contributed by atoms with Gasteiger partial charge in [0.05, 0.1) is 22.8 Å². The van der Waals surface area contributed by atoms with Crippen molar-refractivity contribution in [3.05, 3.63) is 83.0 Å². The number of halogens is 5. The Balaban J connectivity index is 0.000000206. The van der Waals surface area contributed by atoms with Crippen molar-refractivity contribution in [1.82, 2.24) is 19.9 Å². The monoisotopic (exact) mass is 573 g/mol. The number of aromatic hydroxyl groups is 1. The van der Waals surface area contributed by atoms with Gasteiger partial charge in [-0.15, -0.1) is 0 Å². The molecule has 0 spiro atoms. The van der Waals surface area contributed by atoms with E-state index in [1.54, 1.807) is 0 Å². The number of nitrogens with zero attached hydrogens (tertiary/aromatic N) is 4. The summed E-state index contributed by atoms with van der Waals surface area (Å²) in [5.41, 5.74) is -0.704. The largest absolute Gasteiger partial charge is 0.504 e. The number of hydrogen-bond donors (Lipinski definition) is 2. The van der Waals surface area contributed by atoms with Crippen LogP contribution in [0.3, 0.4) is 0 Å². The van der Waals surface area contributed by atoms with Gasteiger partial charge >= 0.3 is 6.18 Å². The van der Waals surface area contributed by atoms with Gasteiger partial charge in [0, 0.05) is 36.9 Å². The van der Waals surface area contributed by atoms with Crippen LogP contribution in [0.2, 0.25) is 10.0 Å². The third-order valence-corrected chi connectivity index (χ3v) is 6.07. The van der Waals surface area contributed by atoms with Crippen LogP contribution in [-0.4, -0.2) is 40.6 Å². The highest BCUT2D eigenvalue weighted by Gasteiger charge is 2.32. The second-order valence-corrected chi connectivity index (χ2v) is 9.48. The number of sulfonamides is 1. The standard InChI is InChI=1S/C12H8ClF3N2O.C10H8ClN3O3S/c1-19-9-5-7(13)6-17-11(9)8-3-2-4-10(18-8)12(14,15)16;11-7-4-9(15)10(13-5-7)14-18(16,17)8-2-1-3-12-6-8/h2-6H,1H3;1-6,15H,(H,13,14). The predicted octanol–water partition coefficient (Wildman–Crippen LogP) is 5.46. The van der Waals surface area contributed by atoms with E-state index in [9.17, 15) is 26.7 Å². The quantitative estimate of drug-likeness (QED) is 0.322. The molecule has 0 radical (unpaired) electrons. The lowest BCUT2D eigenvalue weighted by molar-refractivity contribution is -0.141. The molecule has 9 nitrogen and oxygen atoms in total. The van der Waals surface area contributed by atoms with E-state index in [2.05, 4.69) is 24.7 Å². The van der Waals surface area contributed by atoms with E-state index in [0.29, 0.717) is 5.02 Å². The van der Waals surface area contributed by atoms with Gasteiger partial charge in [-0.05, 0) is 24.3 Å². The fraction of sp³-hybridized carbons (Fsp3) is 0.0909. The van der Waals surface area contributed by atoms with Gasteiger partial charge < -0.3 is 9.84 Å². The zero-order valence-electron chi connectivity index (χ0n) is 18.6. The lowest BCUT2D eigenvalue weighted by Gasteiger charge is -2.10. The Morgan fingerprint density at radius 1 is 1.00 bits per heavy atom. The zero-order valence-corrected chi connectivity index (χ0v) is 20.9. The molecule has 0 atom stereocenters. The van der Waals surface area contributed by atoms with Crippen LogP contribution in [0.5, 0.6) is 11.5 Å². The number of pyridine rings is 4. The molecule has 0 aliphatic carbocycles. The van der Waals surface area contributed by atoms with Crippen LogP contribution >= 0.6 is 23.2 Å². The molecular formula is C22H16Cl2F3N5O4S. The first-order chi connectivity index (χ1) is 17.4. The first-order valence-corrected chi connectivity index (χ1v) is 12.2. The fourth-order valence-electron chi connectivity index (χ4n) is 2.69. The number of nitrogens with one attached hydrogen (secondary N) is 1. The number of alkyl halides is 3. The molecule has 37 heavy (non-hydrogen) atoms. The van der Waals surface area contributed by atoms with Gasteiger partial charge in [-0.25, -0.2) is 23.4 Å². The van der Waals surface area contributed by atoms with E-state index in [4.69, 9.17) is 27.9 Å². The smallest absolute Gasteiger partial charge is 0.433 e. The Hall–Kier alpha value is -3.68. The molecule has 194 valence electrons. The minimum Gasteiger partial charge on any atom is -0.504 e. The highest BCUT2D eigenvalue weighted by molar-refractivity contribution is 7.92. The highest BCUT2D eigenvalue weighted by Crippen LogP contribution is 2.32. The fourth-order valence-corrected chi connectivity index (χ4v) is 3.98. The van der Waals surface area contributed by atoms with Crippen molar-refractivity contribution in [3.8, 4) is 22.9 Å². The minimum atomic E-state index is -4.50. The van der Waals surface area contributed by atoms with Crippen LogP contribution in [0.15, 0.2) is 72.1 Å². The summed E-state index contributed by atoms with van der Waals surface area (Å²) >= 11 is 11.3. The van der Waals surface area contributed by atoms with Gasteiger partial charge in [0.25, 0.3) is 10.0 Å². The number of hydrogen-bond acceptors (Lipinski definition) is 8. The Morgan fingerprint density at radius 2 is 1.70 bits per heavy atom. The average molecular weight is 574 g/mol. The van der Waals surface area contributed by atoms with Crippen molar-refractivity contribution in [3.63, 3.8) is 0 Å². The van der Waals surface area contributed by atoms with Gasteiger partial charge in [-0.2, -0.15) is 13.2 Å². The van der Waals surface area contributed by atoms with Crippen molar-refractivity contribution in [2.24, 2.45) is 0 Å². The molecule has 15 heteroatoms. The Bertz CT molecular complexity index is 1490. The molecule has 0 amide bonds. The molecule has 4 heterocycles. The molecule has 4 rings (SSSR count). The SMILES string of the molecule is COc1cc(Cl)cnc1-c1cccc(C(F)(F)F)n1.O=S(=O)(Nc1ncc(Cl)cc1O)c1cccnc1. The Kier molecular flexibility index (Phi) is 8.73. The van der Waals surface area contributed by atoms with Crippen LogP contribution in [0.25, 0.3) is 11.4 Å². The van der Waals surface area contributed by atoms with E-state index in [1.807, 2.05) is 0 Å². The maximum absolute atomic E-state index is 12.6. The second kappa shape index (κ2) is 11.6. The van der Waals surface area contributed by atoms with Crippen LogP contribution in [0.1, 0.15) is 5.69 Å². The molecule has 0 unspecified atom stereocenters. The first kappa shape index (κ1) is 27.9. The summed E-state index contributed by atoms with van der Waals surface area (Å²) in [7, 11) is -2.45. The second-order valence-electron chi connectivity index (χ2n) is 6.93. The number of anilines is 1. The van der Waals surface area contributed by atoms with Crippen molar-refractivity contribution in [2.45, 2.75) is 11.1 Å². The topological polar surface area (TPSA) is 127 Å². The molecule has 0 fully saturated rings. The Morgan fingerprint density at radius 3 is 2.32 bits per heavy atom. The lowest BCUT2D eigenvalue weighted by Crippen LogP contribution is -2.14. The van der Waals surface area contributed by atoms with Crippen LogP contribution in [-0.2, 0) is 16.2 Å². The number of methoxy groups -OCH3 is 1. The summed E-state index contributed by atoms with van der Waals surface area (Å²) in [6.07, 6.45) is 0.686. The van der Waals surface area contributed by atoms with Gasteiger partial charge in [-0.3, -0.25) is 9.71 Å². The van der Waals surface area contributed by atoms with E-state index < -0.39 is 21.9 Å². The highest BCUT2D eigenvalue weighted by atomic mass is 35.5. The molecule has 0 bridgehead atoms. The number of aromatic nitrogens is 4. The number of ether oxygens (including phenoxy) is 1. The van der Waals surface area contributed by atoms with Crippen molar-refractivity contribution in [2.75, 3.05) is 11.8 Å². The third-order valence-electron chi connectivity index (χ3n) is 4.33. The zero-order chi connectivity index (χ0) is 27.2. The summed E-state index contributed by atoms with van der Waals surface area (Å²) in [4.78, 5) is 14.9. The van der Waals surface area contributed by atoms with Crippen LogP contribution in [0, 0.1) is 0 Å². The molecular weight excluding hydrogens is 558 g/mol. The molecule has 0 saturated carbocycles. The van der Waals surface area contributed by atoms with E-state index in [0.717, 1.165) is 6.07 Å². The predicted molar refractivity (Wildman–Crippen MR) is 130 cm³/mol. The molecule has 2 N–H and O–H groups in total. The average Bonchev–Trinajstić information content (AvgIpc) is 2.86. The molecule has 0 aliphatic heterocycles. The van der Waals surface area contributed by atoms with Crippen LogP contribution < -0.4 is 9.46 Å². The molecule has 0 saturated heterocycles. The van der Waals surface area contributed by atoms with Crippen molar-refractivity contribution < 1.29 is 31.4 Å². The normalized spacial score (nSPS) is 11.3. The van der Waals surface area contributed by atoms with Gasteiger partial charge in [0.15, 0.2) is 11.6 Å². The van der Waals surface area contributed by atoms with Gasteiger partial charge in [-0.1, -0.05) is 29.3 Å². The summed E-state index contributed by atoms with van der Waals surface area (Å²) < 4.78 is 68.8. The lowest BCUT2D eigenvalue weighted by atomic mass is 10.2. The third kappa shape index (κ3) is 7.41. The van der Waals surface area contributed by atoms with E-state index >= 15 is 0 Å². The summed E-state index contributed by atoms with van der Waals surface area (Å²) in [5, 5.41) is 10.0. The summed E-state index contributed by atoms with van der Waals surface area (Å²) in [6, 6.07) is 9.11. The van der Waals surface area contributed by atoms with Crippen molar-refractivity contribution in [1.29, 1.82) is 0 Å². The van der Waals surface area contributed by atoms with E-state index in [-0.39, 0.29) is 38.6 Å². The van der Waals surface area contributed by atoms with E-state index in [1.165, 1.54) is 68.3 Å². The first-order valence-electron chi connectivity index (χ1n) is 9.92. The number of rotatable bonds is 5. The Labute approximate surface area is 219 Å². The minimum absolute atomic E-state index is 0.0267. The summed E-state index contributed by atoms with van der Waals surface area (Å²) in [6.45, 7) is 0. The molecule has 0 aliphatic rings. The maximum atomic E-state index is 12.6. The molecule has 0 aromatic carbocycles. The molecule has 4 aromatic rings. The maximum Gasteiger partial charge on any atom is 0.433 e. The van der Waals surface area contributed by atoms with Crippen molar-refractivity contribution >= 4 is 39.0 Å².